The molecule has 2 rings (SSSR count). The molecule has 1 nitrogen and oxygen atoms in total. The predicted molar refractivity (Wildman–Crippen MR) is 53.8 cm³/mol. The minimum Gasteiger partial charge on any atom is -0.487 e. The van der Waals surface area contributed by atoms with Crippen LogP contribution in [0.1, 0.15) is 26.2 Å². The highest BCUT2D eigenvalue weighted by Crippen LogP contribution is 2.33. The number of rotatable bonds is 3. The summed E-state index contributed by atoms with van der Waals surface area (Å²) in [7, 11) is 0. The van der Waals surface area contributed by atoms with Crippen LogP contribution < -0.4 is 4.74 Å². The summed E-state index contributed by atoms with van der Waals surface area (Å²) in [4.78, 5) is 0. The van der Waals surface area contributed by atoms with E-state index in [1.807, 2.05) is 0 Å². The van der Waals surface area contributed by atoms with Gasteiger partial charge in [-0.2, -0.15) is 0 Å². The molecule has 1 aromatic carbocycles. The van der Waals surface area contributed by atoms with Gasteiger partial charge in [0.1, 0.15) is 0 Å². The van der Waals surface area contributed by atoms with Crippen LogP contribution in [0.5, 0.6) is 5.75 Å². The molecule has 0 aromatic heterocycles. The molecule has 0 saturated heterocycles. The molecule has 0 spiro atoms. The van der Waals surface area contributed by atoms with Gasteiger partial charge in [-0.1, -0.05) is 25.5 Å². The van der Waals surface area contributed by atoms with Gasteiger partial charge in [-0.05, 0) is 30.9 Å². The van der Waals surface area contributed by atoms with Crippen molar-refractivity contribution in [3.8, 4) is 5.75 Å². The first-order chi connectivity index (χ1) is 6.79. The largest absolute Gasteiger partial charge is 0.487 e. The Morgan fingerprint density at radius 1 is 1.36 bits per heavy atom. The van der Waals surface area contributed by atoms with Gasteiger partial charge in [0, 0.05) is 0 Å². The molecule has 14 heavy (non-hydrogen) atoms. The molecule has 2 heteroatoms. The zero-order valence-corrected chi connectivity index (χ0v) is 8.37. The molecule has 1 fully saturated rings. The highest BCUT2D eigenvalue weighted by molar-refractivity contribution is 5.24. The van der Waals surface area contributed by atoms with Crippen molar-refractivity contribution in [3.63, 3.8) is 0 Å². The Morgan fingerprint density at radius 2 is 2.07 bits per heavy atom. The van der Waals surface area contributed by atoms with Crippen molar-refractivity contribution in [2.24, 2.45) is 5.92 Å². The summed E-state index contributed by atoms with van der Waals surface area (Å²) in [5.74, 6) is 0.922. The fourth-order valence-corrected chi connectivity index (χ4v) is 1.82. The Balaban J connectivity index is 1.90. The minimum absolute atomic E-state index is 0.233. The molecule has 0 unspecified atom stereocenters. The number of benzene rings is 1. The SMILES string of the molecule is CC[C@H]1C[C@H](Oc2ccccc2F)C1. The van der Waals surface area contributed by atoms with E-state index in [0.29, 0.717) is 5.75 Å². The third kappa shape index (κ3) is 1.89. The first kappa shape index (κ1) is 9.50. The summed E-state index contributed by atoms with van der Waals surface area (Å²) < 4.78 is 18.7. The zero-order chi connectivity index (χ0) is 9.97. The quantitative estimate of drug-likeness (QED) is 0.716. The smallest absolute Gasteiger partial charge is 0.165 e. The second-order valence-corrected chi connectivity index (χ2v) is 3.92. The van der Waals surface area contributed by atoms with Gasteiger partial charge in [-0.3, -0.25) is 0 Å². The molecule has 0 N–H and O–H groups in total. The van der Waals surface area contributed by atoms with E-state index in [-0.39, 0.29) is 11.9 Å². The van der Waals surface area contributed by atoms with Gasteiger partial charge < -0.3 is 4.74 Å². The lowest BCUT2D eigenvalue weighted by Gasteiger charge is -2.34. The van der Waals surface area contributed by atoms with Crippen LogP contribution in [0.25, 0.3) is 0 Å². The number of ether oxygens (including phenoxy) is 1. The number of hydrogen-bond acceptors (Lipinski definition) is 1. The second kappa shape index (κ2) is 3.99. The topological polar surface area (TPSA) is 9.23 Å². The maximum absolute atomic E-state index is 13.2. The van der Waals surface area contributed by atoms with Gasteiger partial charge in [0.25, 0.3) is 0 Å². The van der Waals surface area contributed by atoms with E-state index in [9.17, 15) is 4.39 Å². The van der Waals surface area contributed by atoms with Crippen molar-refractivity contribution in [1.82, 2.24) is 0 Å². The molecule has 0 heterocycles. The van der Waals surface area contributed by atoms with Crippen LogP contribution in [0.3, 0.4) is 0 Å². The van der Waals surface area contributed by atoms with Crippen LogP contribution in [0, 0.1) is 11.7 Å². The van der Waals surface area contributed by atoms with Crippen molar-refractivity contribution in [2.45, 2.75) is 32.3 Å². The van der Waals surface area contributed by atoms with Crippen molar-refractivity contribution in [2.75, 3.05) is 0 Å². The Labute approximate surface area is 83.9 Å². The Kier molecular flexibility index (Phi) is 2.71. The Hall–Kier alpha value is -1.05. The third-order valence-electron chi connectivity index (χ3n) is 2.90. The van der Waals surface area contributed by atoms with E-state index in [1.165, 1.54) is 12.5 Å². The molecule has 1 aliphatic carbocycles. The standard InChI is InChI=1S/C12H15FO/c1-2-9-7-10(8-9)14-12-6-4-3-5-11(12)13/h3-6,9-10H,2,7-8H2,1H3/t9-,10-. The van der Waals surface area contributed by atoms with Crippen LogP contribution in [-0.2, 0) is 0 Å². The van der Waals surface area contributed by atoms with Crippen molar-refractivity contribution >= 4 is 0 Å². The lowest BCUT2D eigenvalue weighted by molar-refractivity contribution is 0.0596. The van der Waals surface area contributed by atoms with E-state index < -0.39 is 0 Å². The highest BCUT2D eigenvalue weighted by Gasteiger charge is 2.29. The van der Waals surface area contributed by atoms with Crippen molar-refractivity contribution in [3.05, 3.63) is 30.1 Å². The summed E-state index contributed by atoms with van der Waals surface area (Å²) in [6, 6.07) is 6.60. The van der Waals surface area contributed by atoms with Gasteiger partial charge in [-0.15, -0.1) is 0 Å². The summed E-state index contributed by atoms with van der Waals surface area (Å²) >= 11 is 0. The summed E-state index contributed by atoms with van der Waals surface area (Å²) in [6.45, 7) is 2.18. The summed E-state index contributed by atoms with van der Waals surface area (Å²) in [5.41, 5.74) is 0. The molecule has 0 bridgehead atoms. The zero-order valence-electron chi connectivity index (χ0n) is 8.37. The molecule has 1 saturated carbocycles. The van der Waals surface area contributed by atoms with Crippen molar-refractivity contribution < 1.29 is 9.13 Å². The van der Waals surface area contributed by atoms with E-state index in [0.717, 1.165) is 18.8 Å². The Bertz CT molecular complexity index is 305. The lowest BCUT2D eigenvalue weighted by Crippen LogP contribution is -2.33. The van der Waals surface area contributed by atoms with Crippen LogP contribution in [0.15, 0.2) is 24.3 Å². The summed E-state index contributed by atoms with van der Waals surface area (Å²) in [6.07, 6.45) is 3.59. The fourth-order valence-electron chi connectivity index (χ4n) is 1.82. The number of para-hydroxylation sites is 1. The van der Waals surface area contributed by atoms with Crippen molar-refractivity contribution in [1.29, 1.82) is 0 Å². The molecule has 0 radical (unpaired) electrons. The molecule has 0 amide bonds. The molecule has 1 aliphatic rings. The van der Waals surface area contributed by atoms with Crippen LogP contribution in [-0.4, -0.2) is 6.10 Å². The average Bonchev–Trinajstić information content (AvgIpc) is 2.13. The molecule has 1 aromatic rings. The summed E-state index contributed by atoms with van der Waals surface area (Å²) in [5, 5.41) is 0. The normalized spacial score (nSPS) is 25.6. The molecule has 0 aliphatic heterocycles. The van der Waals surface area contributed by atoms with E-state index in [1.54, 1.807) is 18.2 Å². The van der Waals surface area contributed by atoms with Gasteiger partial charge >= 0.3 is 0 Å². The van der Waals surface area contributed by atoms with Gasteiger partial charge in [-0.25, -0.2) is 4.39 Å². The third-order valence-corrected chi connectivity index (χ3v) is 2.90. The van der Waals surface area contributed by atoms with E-state index in [4.69, 9.17) is 4.74 Å². The highest BCUT2D eigenvalue weighted by atomic mass is 19.1. The van der Waals surface area contributed by atoms with Crippen LogP contribution in [0.2, 0.25) is 0 Å². The fraction of sp³-hybridized carbons (Fsp3) is 0.500. The molecule has 0 atom stereocenters. The van der Waals surface area contributed by atoms with Crippen LogP contribution in [0.4, 0.5) is 4.39 Å². The van der Waals surface area contributed by atoms with E-state index >= 15 is 0 Å². The predicted octanol–water partition coefficient (Wildman–Crippen LogP) is 3.39. The number of halogens is 1. The van der Waals surface area contributed by atoms with Crippen LogP contribution >= 0.6 is 0 Å². The first-order valence-corrected chi connectivity index (χ1v) is 5.20. The number of hydrogen-bond donors (Lipinski definition) is 0. The second-order valence-electron chi connectivity index (χ2n) is 3.92. The van der Waals surface area contributed by atoms with E-state index in [2.05, 4.69) is 6.92 Å². The minimum atomic E-state index is -0.257. The average molecular weight is 194 g/mol. The van der Waals surface area contributed by atoms with Gasteiger partial charge in [0.05, 0.1) is 6.10 Å². The molecule has 76 valence electrons. The molecular weight excluding hydrogens is 179 g/mol. The molecular formula is C12H15FO. The van der Waals surface area contributed by atoms with Gasteiger partial charge in [0.2, 0.25) is 0 Å². The first-order valence-electron chi connectivity index (χ1n) is 5.20. The maximum Gasteiger partial charge on any atom is 0.165 e. The Morgan fingerprint density at radius 3 is 2.71 bits per heavy atom. The monoisotopic (exact) mass is 194 g/mol. The maximum atomic E-state index is 13.2. The lowest BCUT2D eigenvalue weighted by atomic mass is 9.80. The van der Waals surface area contributed by atoms with Gasteiger partial charge in [0.15, 0.2) is 11.6 Å².